The molecule has 0 radical (unpaired) electrons. The Morgan fingerprint density at radius 1 is 1.36 bits per heavy atom. The molecule has 2 saturated heterocycles. The van der Waals surface area contributed by atoms with Crippen molar-refractivity contribution in [2.45, 2.75) is 70.9 Å². The second-order valence-electron chi connectivity index (χ2n) is 8.89. The number of piperidine rings is 1. The van der Waals surface area contributed by atoms with E-state index in [1.807, 2.05) is 6.20 Å². The molecular weight excluding hydrogens is 399 g/mol. The molecule has 8 heteroatoms. The van der Waals surface area contributed by atoms with E-state index in [-0.39, 0.29) is 48.2 Å². The number of amides is 1. The van der Waals surface area contributed by atoms with E-state index in [0.717, 1.165) is 57.1 Å². The fraction of sp³-hybridized carbons (Fsp3) is 0.800. The van der Waals surface area contributed by atoms with Crippen molar-refractivity contribution in [3.05, 3.63) is 17.8 Å². The van der Waals surface area contributed by atoms with Crippen LogP contribution < -0.4 is 10.6 Å². The number of carbonyl (C=O) groups is 1. The van der Waals surface area contributed by atoms with Gasteiger partial charge in [0, 0.05) is 18.5 Å². The van der Waals surface area contributed by atoms with Gasteiger partial charge in [0.25, 0.3) is 0 Å². The Hall–Kier alpha value is -0.820. The van der Waals surface area contributed by atoms with Gasteiger partial charge in [-0.1, -0.05) is 20.8 Å². The van der Waals surface area contributed by atoms with Gasteiger partial charge in [0.05, 0.1) is 18.3 Å². The Bertz CT molecular complexity index is 612. The SMILES string of the molecule is CC(c1ncc(C(C)(C)C)o1)N1CCCC(CNC(=O)C2CCCN2)C1.Cl.Cl. The number of nitrogens with one attached hydrogen (secondary N) is 2. The monoisotopic (exact) mass is 434 g/mol. The van der Waals surface area contributed by atoms with E-state index in [9.17, 15) is 4.79 Å². The zero-order valence-electron chi connectivity index (χ0n) is 17.5. The maximum atomic E-state index is 12.2. The van der Waals surface area contributed by atoms with Crippen LogP contribution in [0.1, 0.15) is 71.1 Å². The molecule has 1 aromatic rings. The average Bonchev–Trinajstić information content (AvgIpc) is 3.30. The lowest BCUT2D eigenvalue weighted by Crippen LogP contribution is -2.45. The highest BCUT2D eigenvalue weighted by atomic mass is 35.5. The summed E-state index contributed by atoms with van der Waals surface area (Å²) in [6, 6.07) is 0.179. The maximum absolute atomic E-state index is 12.2. The number of carbonyl (C=O) groups excluding carboxylic acids is 1. The molecule has 2 aliphatic heterocycles. The molecule has 0 saturated carbocycles. The minimum Gasteiger partial charge on any atom is -0.443 e. The number of hydrogen-bond donors (Lipinski definition) is 2. The summed E-state index contributed by atoms with van der Waals surface area (Å²) in [7, 11) is 0. The van der Waals surface area contributed by atoms with Crippen LogP contribution in [0.2, 0.25) is 0 Å². The molecule has 3 heterocycles. The summed E-state index contributed by atoms with van der Waals surface area (Å²) in [5, 5.41) is 6.41. The van der Waals surface area contributed by atoms with Crippen LogP contribution in [-0.2, 0) is 10.2 Å². The first-order chi connectivity index (χ1) is 12.3. The van der Waals surface area contributed by atoms with Gasteiger partial charge in [0.2, 0.25) is 11.8 Å². The molecule has 0 bridgehead atoms. The molecule has 2 aliphatic rings. The summed E-state index contributed by atoms with van der Waals surface area (Å²) < 4.78 is 6.03. The minimum absolute atomic E-state index is 0. The third-order valence-corrected chi connectivity index (χ3v) is 5.66. The first-order valence-electron chi connectivity index (χ1n) is 10.1. The highest BCUT2D eigenvalue weighted by molar-refractivity contribution is 5.85. The average molecular weight is 435 g/mol. The van der Waals surface area contributed by atoms with Gasteiger partial charge in [-0.15, -0.1) is 24.8 Å². The molecular formula is C20H36Cl2N4O2. The largest absolute Gasteiger partial charge is 0.443 e. The number of aromatic nitrogens is 1. The fourth-order valence-corrected chi connectivity index (χ4v) is 3.88. The predicted octanol–water partition coefficient (Wildman–Crippen LogP) is 3.46. The van der Waals surface area contributed by atoms with Crippen molar-refractivity contribution >= 4 is 30.7 Å². The van der Waals surface area contributed by atoms with Crippen LogP contribution in [0.3, 0.4) is 0 Å². The van der Waals surface area contributed by atoms with E-state index in [1.165, 1.54) is 6.42 Å². The summed E-state index contributed by atoms with van der Waals surface area (Å²) in [4.78, 5) is 19.2. The molecule has 3 atom stereocenters. The standard InChI is InChI=1S/C20H34N4O2.2ClH/c1-14(19-23-12-17(26-19)20(2,3)4)24-10-6-7-15(13-24)11-22-18(25)16-8-5-9-21-16;;/h12,14-16,21H,5-11,13H2,1-4H3,(H,22,25);2*1H. The van der Waals surface area contributed by atoms with Crippen LogP contribution in [0.5, 0.6) is 0 Å². The van der Waals surface area contributed by atoms with Crippen LogP contribution in [0.4, 0.5) is 0 Å². The zero-order valence-corrected chi connectivity index (χ0v) is 19.1. The molecule has 2 fully saturated rings. The van der Waals surface area contributed by atoms with Crippen LogP contribution in [0, 0.1) is 5.92 Å². The lowest BCUT2D eigenvalue weighted by molar-refractivity contribution is -0.123. The highest BCUT2D eigenvalue weighted by Gasteiger charge is 2.29. The molecule has 162 valence electrons. The van der Waals surface area contributed by atoms with E-state index in [4.69, 9.17) is 4.42 Å². The van der Waals surface area contributed by atoms with Gasteiger partial charge in [0.15, 0.2) is 0 Å². The Morgan fingerprint density at radius 2 is 2.11 bits per heavy atom. The molecule has 0 aromatic carbocycles. The van der Waals surface area contributed by atoms with Crippen LogP contribution in [-0.4, -0.2) is 48.0 Å². The van der Waals surface area contributed by atoms with Crippen molar-refractivity contribution < 1.29 is 9.21 Å². The van der Waals surface area contributed by atoms with Crippen LogP contribution in [0.25, 0.3) is 0 Å². The number of hydrogen-bond acceptors (Lipinski definition) is 5. The van der Waals surface area contributed by atoms with Crippen LogP contribution in [0.15, 0.2) is 10.6 Å². The quantitative estimate of drug-likeness (QED) is 0.742. The van der Waals surface area contributed by atoms with Crippen molar-refractivity contribution in [1.82, 2.24) is 20.5 Å². The summed E-state index contributed by atoms with van der Waals surface area (Å²) in [5.41, 5.74) is -0.0199. The molecule has 6 nitrogen and oxygen atoms in total. The van der Waals surface area contributed by atoms with Gasteiger partial charge >= 0.3 is 0 Å². The van der Waals surface area contributed by atoms with Gasteiger partial charge in [-0.05, 0) is 51.6 Å². The van der Waals surface area contributed by atoms with Crippen molar-refractivity contribution in [2.24, 2.45) is 5.92 Å². The summed E-state index contributed by atoms with van der Waals surface area (Å²) >= 11 is 0. The van der Waals surface area contributed by atoms with Crippen molar-refractivity contribution in [3.8, 4) is 0 Å². The second-order valence-corrected chi connectivity index (χ2v) is 8.89. The van der Waals surface area contributed by atoms with E-state index in [0.29, 0.717) is 5.92 Å². The minimum atomic E-state index is -0.0199. The maximum Gasteiger partial charge on any atom is 0.237 e. The number of oxazole rings is 1. The third-order valence-electron chi connectivity index (χ3n) is 5.66. The smallest absolute Gasteiger partial charge is 0.237 e. The third kappa shape index (κ3) is 6.34. The first kappa shape index (κ1) is 25.2. The zero-order chi connectivity index (χ0) is 18.7. The van der Waals surface area contributed by atoms with Crippen LogP contribution >= 0.6 is 24.8 Å². The molecule has 0 aliphatic carbocycles. The Labute approximate surface area is 181 Å². The lowest BCUT2D eigenvalue weighted by Gasteiger charge is -2.35. The van der Waals surface area contributed by atoms with Gasteiger partial charge in [-0.2, -0.15) is 0 Å². The molecule has 1 amide bonds. The van der Waals surface area contributed by atoms with E-state index >= 15 is 0 Å². The molecule has 3 unspecified atom stereocenters. The lowest BCUT2D eigenvalue weighted by atomic mass is 9.94. The normalized spacial score (nSPS) is 24.1. The van der Waals surface area contributed by atoms with Gasteiger partial charge < -0.3 is 15.1 Å². The fourth-order valence-electron chi connectivity index (χ4n) is 3.88. The summed E-state index contributed by atoms with van der Waals surface area (Å²) in [6.45, 7) is 12.3. The van der Waals surface area contributed by atoms with Crippen molar-refractivity contribution in [3.63, 3.8) is 0 Å². The summed E-state index contributed by atoms with van der Waals surface area (Å²) in [6.07, 6.45) is 6.24. The first-order valence-corrected chi connectivity index (χ1v) is 10.1. The van der Waals surface area contributed by atoms with E-state index < -0.39 is 0 Å². The second kappa shape index (κ2) is 10.8. The molecule has 2 N–H and O–H groups in total. The van der Waals surface area contributed by atoms with Crippen molar-refractivity contribution in [2.75, 3.05) is 26.2 Å². The number of likely N-dealkylation sites (tertiary alicyclic amines) is 1. The molecule has 3 rings (SSSR count). The molecule has 1 aromatic heterocycles. The summed E-state index contributed by atoms with van der Waals surface area (Å²) in [5.74, 6) is 2.39. The van der Waals surface area contributed by atoms with Gasteiger partial charge in [-0.3, -0.25) is 9.69 Å². The predicted molar refractivity (Wildman–Crippen MR) is 116 cm³/mol. The Morgan fingerprint density at radius 3 is 2.71 bits per heavy atom. The topological polar surface area (TPSA) is 70.4 Å². The number of nitrogens with zero attached hydrogens (tertiary/aromatic N) is 2. The molecule has 28 heavy (non-hydrogen) atoms. The van der Waals surface area contributed by atoms with Gasteiger partial charge in [-0.25, -0.2) is 4.98 Å². The number of halogens is 2. The van der Waals surface area contributed by atoms with Crippen molar-refractivity contribution in [1.29, 1.82) is 0 Å². The van der Waals surface area contributed by atoms with Gasteiger partial charge in [0.1, 0.15) is 5.76 Å². The highest BCUT2D eigenvalue weighted by Crippen LogP contribution is 2.29. The van der Waals surface area contributed by atoms with E-state index in [2.05, 4.69) is 48.2 Å². The van der Waals surface area contributed by atoms with E-state index in [1.54, 1.807) is 0 Å². The Balaban J connectivity index is 0.00000196. The Kier molecular flexibility index (Phi) is 9.74. The number of rotatable bonds is 5. The molecule has 0 spiro atoms.